The van der Waals surface area contributed by atoms with E-state index in [1.807, 2.05) is 55.5 Å². The highest BCUT2D eigenvalue weighted by molar-refractivity contribution is 6.01. The summed E-state index contributed by atoms with van der Waals surface area (Å²) in [7, 11) is 1.64. The SMILES string of the molecule is COc1ccc(C2CN3C(=O)CN(CCc4cccc(F)c4)C(=O)[C@]3(C)c3[nH]c4ccccc4c32)cc1. The lowest BCUT2D eigenvalue weighted by atomic mass is 9.76. The second-order valence-electron chi connectivity index (χ2n) is 9.97. The van der Waals surface area contributed by atoms with E-state index >= 15 is 0 Å². The van der Waals surface area contributed by atoms with Gasteiger partial charge in [-0.1, -0.05) is 42.5 Å². The maximum absolute atomic E-state index is 14.1. The van der Waals surface area contributed by atoms with Gasteiger partial charge in [-0.25, -0.2) is 4.39 Å². The zero-order valence-corrected chi connectivity index (χ0v) is 20.8. The third-order valence-electron chi connectivity index (χ3n) is 7.89. The highest BCUT2D eigenvalue weighted by Crippen LogP contribution is 2.48. The molecule has 0 bridgehead atoms. The molecule has 1 saturated heterocycles. The van der Waals surface area contributed by atoms with Gasteiger partial charge in [0.15, 0.2) is 5.54 Å². The number of nitrogens with one attached hydrogen (secondary N) is 1. The van der Waals surface area contributed by atoms with Gasteiger partial charge in [0.25, 0.3) is 5.91 Å². The van der Waals surface area contributed by atoms with Crippen LogP contribution in [0, 0.1) is 5.82 Å². The quantitative estimate of drug-likeness (QED) is 0.439. The molecule has 3 heterocycles. The molecule has 7 heteroatoms. The normalized spacial score (nSPS) is 21.2. The molecule has 37 heavy (non-hydrogen) atoms. The van der Waals surface area contributed by atoms with E-state index in [-0.39, 0.29) is 30.1 Å². The molecular formula is C30H28FN3O3. The lowest BCUT2D eigenvalue weighted by Gasteiger charge is -2.51. The fraction of sp³-hybridized carbons (Fsp3) is 0.267. The number of carbonyl (C=O) groups is 2. The van der Waals surface area contributed by atoms with Crippen molar-refractivity contribution in [1.29, 1.82) is 0 Å². The largest absolute Gasteiger partial charge is 0.497 e. The molecule has 0 saturated carbocycles. The number of hydrogen-bond donors (Lipinski definition) is 1. The molecule has 0 spiro atoms. The number of carbonyl (C=O) groups excluding carboxylic acids is 2. The minimum atomic E-state index is -1.16. The van der Waals surface area contributed by atoms with E-state index < -0.39 is 5.54 Å². The van der Waals surface area contributed by atoms with Crippen LogP contribution in [-0.2, 0) is 21.5 Å². The smallest absolute Gasteiger partial charge is 0.254 e. The number of ether oxygens (including phenoxy) is 1. The monoisotopic (exact) mass is 497 g/mol. The standard InChI is InChI=1S/C30H28FN3O3/c1-30-28-27(23-8-3-4-9-25(23)32-28)24(20-10-12-22(37-2)13-11-20)17-34(30)26(35)18-33(29(30)36)15-14-19-6-5-7-21(31)16-19/h3-13,16,24,32H,14-15,17-18H2,1-2H3/t24?,30-/m0/s1. The third-order valence-corrected chi connectivity index (χ3v) is 7.89. The van der Waals surface area contributed by atoms with Crippen LogP contribution in [0.3, 0.4) is 0 Å². The summed E-state index contributed by atoms with van der Waals surface area (Å²) in [6, 6.07) is 22.3. The fourth-order valence-corrected chi connectivity index (χ4v) is 5.95. The Morgan fingerprint density at radius 3 is 2.59 bits per heavy atom. The van der Waals surface area contributed by atoms with E-state index in [9.17, 15) is 14.0 Å². The number of aromatic nitrogens is 1. The molecule has 2 atom stereocenters. The first-order valence-corrected chi connectivity index (χ1v) is 12.5. The van der Waals surface area contributed by atoms with E-state index in [4.69, 9.17) is 4.74 Å². The maximum Gasteiger partial charge on any atom is 0.254 e. The van der Waals surface area contributed by atoms with Gasteiger partial charge in [-0.2, -0.15) is 0 Å². The van der Waals surface area contributed by atoms with E-state index in [1.54, 1.807) is 23.0 Å². The van der Waals surface area contributed by atoms with E-state index in [0.717, 1.165) is 39.0 Å². The Labute approximate surface area is 214 Å². The summed E-state index contributed by atoms with van der Waals surface area (Å²) in [6.45, 7) is 2.60. The number of piperazine rings is 1. The Morgan fingerprint density at radius 1 is 1.05 bits per heavy atom. The molecule has 0 radical (unpaired) electrons. The minimum absolute atomic E-state index is 0.00856. The van der Waals surface area contributed by atoms with Crippen LogP contribution in [0.1, 0.15) is 35.2 Å². The van der Waals surface area contributed by atoms with Crippen LogP contribution in [0.2, 0.25) is 0 Å². The summed E-state index contributed by atoms with van der Waals surface area (Å²) in [6.07, 6.45) is 0.473. The minimum Gasteiger partial charge on any atom is -0.497 e. The third kappa shape index (κ3) is 3.68. The van der Waals surface area contributed by atoms with Crippen molar-refractivity contribution in [2.45, 2.75) is 24.8 Å². The first-order chi connectivity index (χ1) is 17.9. The van der Waals surface area contributed by atoms with E-state index in [0.29, 0.717) is 19.5 Å². The molecule has 4 aromatic rings. The molecule has 1 unspecified atom stereocenters. The molecule has 1 fully saturated rings. The van der Waals surface area contributed by atoms with E-state index in [2.05, 4.69) is 11.1 Å². The zero-order chi connectivity index (χ0) is 25.7. The van der Waals surface area contributed by atoms with Gasteiger partial charge in [0.05, 0.1) is 19.3 Å². The van der Waals surface area contributed by atoms with Gasteiger partial charge in [0.2, 0.25) is 5.91 Å². The summed E-state index contributed by atoms with van der Waals surface area (Å²) in [4.78, 5) is 34.6. The second kappa shape index (κ2) is 8.76. The Morgan fingerprint density at radius 2 is 1.84 bits per heavy atom. The molecule has 6 rings (SSSR count). The summed E-state index contributed by atoms with van der Waals surface area (Å²) in [5.41, 5.74) is 3.44. The molecule has 0 aliphatic carbocycles. The number of benzene rings is 3. The number of para-hydroxylation sites is 1. The number of halogens is 1. The Hall–Kier alpha value is -4.13. The number of nitrogens with zero attached hydrogens (tertiary/aromatic N) is 2. The van der Waals surface area contributed by atoms with Crippen molar-refractivity contribution in [3.05, 3.63) is 101 Å². The predicted molar refractivity (Wildman–Crippen MR) is 139 cm³/mol. The van der Waals surface area contributed by atoms with Gasteiger partial charge in [-0.05, 0) is 60.4 Å². The number of amides is 2. The lowest BCUT2D eigenvalue weighted by Crippen LogP contribution is -2.67. The summed E-state index contributed by atoms with van der Waals surface area (Å²) < 4.78 is 19.0. The molecule has 188 valence electrons. The average molecular weight is 498 g/mol. The number of hydrogen-bond acceptors (Lipinski definition) is 3. The highest BCUT2D eigenvalue weighted by Gasteiger charge is 2.56. The van der Waals surface area contributed by atoms with Crippen LogP contribution in [0.4, 0.5) is 4.39 Å². The van der Waals surface area contributed by atoms with E-state index in [1.165, 1.54) is 12.1 Å². The van der Waals surface area contributed by atoms with Crippen molar-refractivity contribution in [1.82, 2.24) is 14.8 Å². The zero-order valence-electron chi connectivity index (χ0n) is 20.8. The van der Waals surface area contributed by atoms with Crippen LogP contribution in [0.15, 0.2) is 72.8 Å². The van der Waals surface area contributed by atoms with Crippen LogP contribution in [-0.4, -0.2) is 53.3 Å². The highest BCUT2D eigenvalue weighted by atomic mass is 19.1. The summed E-state index contributed by atoms with van der Waals surface area (Å²) in [5.74, 6) is 0.146. The van der Waals surface area contributed by atoms with Crippen LogP contribution in [0.5, 0.6) is 5.75 Å². The summed E-state index contributed by atoms with van der Waals surface area (Å²) in [5, 5.41) is 1.05. The number of fused-ring (bicyclic) bond motifs is 5. The van der Waals surface area contributed by atoms with Crippen LogP contribution in [0.25, 0.3) is 10.9 Å². The molecule has 1 N–H and O–H groups in total. The van der Waals surface area contributed by atoms with Gasteiger partial charge in [0.1, 0.15) is 11.6 Å². The maximum atomic E-state index is 14.1. The van der Waals surface area contributed by atoms with Crippen molar-refractivity contribution < 1.29 is 18.7 Å². The number of H-pyrrole nitrogens is 1. The Kier molecular flexibility index (Phi) is 5.51. The van der Waals surface area contributed by atoms with Crippen molar-refractivity contribution in [3.8, 4) is 5.75 Å². The molecule has 1 aromatic heterocycles. The molecular weight excluding hydrogens is 469 g/mol. The number of methoxy groups -OCH3 is 1. The molecule has 2 amide bonds. The Bertz CT molecular complexity index is 1510. The average Bonchev–Trinajstić information content (AvgIpc) is 3.31. The molecule has 3 aromatic carbocycles. The second-order valence-corrected chi connectivity index (χ2v) is 9.97. The van der Waals surface area contributed by atoms with Crippen molar-refractivity contribution in [2.75, 3.05) is 26.7 Å². The van der Waals surface area contributed by atoms with Gasteiger partial charge < -0.3 is 19.5 Å². The molecule has 2 aliphatic rings. The first kappa shape index (κ1) is 23.3. The van der Waals surface area contributed by atoms with Gasteiger partial charge in [-0.15, -0.1) is 0 Å². The van der Waals surface area contributed by atoms with Crippen molar-refractivity contribution in [2.24, 2.45) is 0 Å². The molecule has 6 nitrogen and oxygen atoms in total. The number of aromatic amines is 1. The van der Waals surface area contributed by atoms with Gasteiger partial charge in [0, 0.05) is 29.9 Å². The van der Waals surface area contributed by atoms with Gasteiger partial charge in [-0.3, -0.25) is 9.59 Å². The topological polar surface area (TPSA) is 65.6 Å². The number of rotatable bonds is 5. The molecule has 2 aliphatic heterocycles. The fourth-order valence-electron chi connectivity index (χ4n) is 5.95. The van der Waals surface area contributed by atoms with Crippen LogP contribution < -0.4 is 4.74 Å². The van der Waals surface area contributed by atoms with Crippen molar-refractivity contribution >= 4 is 22.7 Å². The van der Waals surface area contributed by atoms with Crippen LogP contribution >= 0.6 is 0 Å². The van der Waals surface area contributed by atoms with Crippen molar-refractivity contribution in [3.63, 3.8) is 0 Å². The summed E-state index contributed by atoms with van der Waals surface area (Å²) >= 11 is 0. The van der Waals surface area contributed by atoms with Gasteiger partial charge >= 0.3 is 0 Å². The predicted octanol–water partition coefficient (Wildman–Crippen LogP) is 4.59. The lowest BCUT2D eigenvalue weighted by molar-refractivity contribution is -0.166. The Balaban J connectivity index is 1.43. The first-order valence-electron chi connectivity index (χ1n) is 12.5.